The number of anilines is 3. The number of nitrogens with zero attached hydrogens (tertiary/aromatic N) is 6. The molecule has 0 bridgehead atoms. The molecule has 1 aliphatic rings. The first-order chi connectivity index (χ1) is 15.6. The van der Waals surface area contributed by atoms with Gasteiger partial charge in [0.25, 0.3) is 0 Å². The average molecular weight is 432 g/mol. The number of rotatable bonds is 6. The Morgan fingerprint density at radius 1 is 1.16 bits per heavy atom. The third kappa shape index (κ3) is 4.02. The Morgan fingerprint density at radius 2 is 2.00 bits per heavy atom. The van der Waals surface area contributed by atoms with Gasteiger partial charge in [-0.1, -0.05) is 30.3 Å². The highest BCUT2D eigenvalue weighted by Gasteiger charge is 2.26. The summed E-state index contributed by atoms with van der Waals surface area (Å²) >= 11 is 0. The Kier molecular flexibility index (Phi) is 5.24. The second-order valence-electron chi connectivity index (χ2n) is 7.87. The molecule has 0 aliphatic carbocycles. The maximum absolute atomic E-state index is 10.3. The lowest BCUT2D eigenvalue weighted by atomic mass is 10.2. The van der Waals surface area contributed by atoms with E-state index in [4.69, 9.17) is 9.72 Å². The number of imidazole rings is 1. The van der Waals surface area contributed by atoms with Crippen LogP contribution in [0, 0.1) is 6.92 Å². The monoisotopic (exact) mass is 431 g/mol. The van der Waals surface area contributed by atoms with Gasteiger partial charge < -0.3 is 24.6 Å². The van der Waals surface area contributed by atoms with Gasteiger partial charge in [-0.2, -0.15) is 4.98 Å². The number of methoxy groups -OCH3 is 1. The van der Waals surface area contributed by atoms with Gasteiger partial charge in [0.1, 0.15) is 5.75 Å². The topological polar surface area (TPSA) is 93.3 Å². The maximum Gasteiger partial charge on any atom is 0.248 e. The first-order valence-electron chi connectivity index (χ1n) is 10.5. The van der Waals surface area contributed by atoms with Crippen molar-refractivity contribution in [1.29, 1.82) is 0 Å². The van der Waals surface area contributed by atoms with Crippen LogP contribution < -0.4 is 15.0 Å². The van der Waals surface area contributed by atoms with Crippen molar-refractivity contribution in [1.82, 2.24) is 24.3 Å². The smallest absolute Gasteiger partial charge is 0.248 e. The van der Waals surface area contributed by atoms with Crippen molar-refractivity contribution in [2.24, 2.45) is 0 Å². The first kappa shape index (κ1) is 20.1. The van der Waals surface area contributed by atoms with Crippen LogP contribution >= 0.6 is 0 Å². The van der Waals surface area contributed by atoms with Crippen LogP contribution in [0.5, 0.6) is 5.75 Å². The Bertz CT molecular complexity index is 1220. The summed E-state index contributed by atoms with van der Waals surface area (Å²) in [5.41, 5.74) is 3.79. The highest BCUT2D eigenvalue weighted by atomic mass is 16.5. The fraction of sp³-hybridized carbons (Fsp3) is 0.261. The number of benzene rings is 2. The van der Waals surface area contributed by atoms with Crippen LogP contribution in [-0.4, -0.2) is 49.2 Å². The summed E-state index contributed by atoms with van der Waals surface area (Å²) < 4.78 is 9.26. The van der Waals surface area contributed by atoms with E-state index in [1.165, 1.54) is 0 Å². The zero-order valence-corrected chi connectivity index (χ0v) is 18.0. The number of fused-ring (bicyclic) bond motifs is 1. The van der Waals surface area contributed by atoms with Crippen molar-refractivity contribution >= 4 is 17.6 Å². The lowest BCUT2D eigenvalue weighted by Gasteiger charge is -2.30. The molecule has 2 aromatic heterocycles. The molecular formula is C23H25N7O2. The number of aromatic nitrogens is 5. The molecule has 2 aromatic carbocycles. The van der Waals surface area contributed by atoms with Gasteiger partial charge in [-0.15, -0.1) is 5.10 Å². The molecule has 1 aliphatic heterocycles. The quantitative estimate of drug-likeness (QED) is 0.485. The van der Waals surface area contributed by atoms with Gasteiger partial charge in [-0.05, 0) is 24.6 Å². The second kappa shape index (κ2) is 8.35. The molecule has 9 nitrogen and oxygen atoms in total. The fourth-order valence-electron chi connectivity index (χ4n) is 3.93. The maximum atomic E-state index is 10.3. The van der Waals surface area contributed by atoms with Gasteiger partial charge in [-0.25, -0.2) is 9.67 Å². The Hall–Kier alpha value is -3.85. The molecule has 0 radical (unpaired) electrons. The third-order valence-corrected chi connectivity index (χ3v) is 5.39. The van der Waals surface area contributed by atoms with Crippen LogP contribution in [0.3, 0.4) is 0 Å². The largest absolute Gasteiger partial charge is 0.494 e. The molecule has 3 heterocycles. The second-order valence-corrected chi connectivity index (χ2v) is 7.87. The summed E-state index contributed by atoms with van der Waals surface area (Å²) in [6, 6.07) is 16.0. The highest BCUT2D eigenvalue weighted by Crippen LogP contribution is 2.29. The molecule has 1 atom stereocenters. The number of hydrogen-bond acceptors (Lipinski definition) is 7. The third-order valence-electron chi connectivity index (χ3n) is 5.39. The molecule has 5 rings (SSSR count). The summed E-state index contributed by atoms with van der Waals surface area (Å²) in [5.74, 6) is 1.91. The molecule has 164 valence electrons. The fourth-order valence-corrected chi connectivity index (χ4v) is 3.93. The van der Waals surface area contributed by atoms with E-state index in [0.29, 0.717) is 31.3 Å². The molecule has 0 saturated carbocycles. The van der Waals surface area contributed by atoms with Gasteiger partial charge in [0, 0.05) is 31.0 Å². The van der Waals surface area contributed by atoms with Crippen LogP contribution in [0.15, 0.2) is 61.1 Å². The van der Waals surface area contributed by atoms with E-state index in [-0.39, 0.29) is 0 Å². The molecule has 4 aromatic rings. The predicted molar refractivity (Wildman–Crippen MR) is 122 cm³/mol. The molecule has 1 unspecified atom stereocenters. The Morgan fingerprint density at radius 3 is 2.75 bits per heavy atom. The number of nitrogens with one attached hydrogen (secondary N) is 1. The number of aliphatic hydroxyl groups excluding tert-OH is 1. The summed E-state index contributed by atoms with van der Waals surface area (Å²) in [7, 11) is 1.64. The van der Waals surface area contributed by atoms with E-state index in [9.17, 15) is 5.11 Å². The molecule has 2 N–H and O–H groups in total. The van der Waals surface area contributed by atoms with Crippen molar-refractivity contribution < 1.29 is 9.84 Å². The van der Waals surface area contributed by atoms with Crippen LogP contribution in [0.1, 0.15) is 11.3 Å². The summed E-state index contributed by atoms with van der Waals surface area (Å²) in [6.45, 7) is 3.53. The number of aryl methyl sites for hydroxylation is 1. The van der Waals surface area contributed by atoms with Gasteiger partial charge in [0.05, 0.1) is 37.5 Å². The summed E-state index contributed by atoms with van der Waals surface area (Å²) in [4.78, 5) is 11.0. The summed E-state index contributed by atoms with van der Waals surface area (Å²) in [6.07, 6.45) is 3.21. The molecule has 0 saturated heterocycles. The van der Waals surface area contributed by atoms with Crippen LogP contribution in [0.2, 0.25) is 0 Å². The van der Waals surface area contributed by atoms with Crippen LogP contribution in [0.4, 0.5) is 17.6 Å². The minimum atomic E-state index is -0.501. The van der Waals surface area contributed by atoms with E-state index in [1.54, 1.807) is 18.1 Å². The lowest BCUT2D eigenvalue weighted by Crippen LogP contribution is -2.41. The number of aliphatic hydroxyl groups is 1. The zero-order valence-electron chi connectivity index (χ0n) is 18.0. The van der Waals surface area contributed by atoms with Crippen LogP contribution in [-0.2, 0) is 13.1 Å². The van der Waals surface area contributed by atoms with Gasteiger partial charge in [0.2, 0.25) is 11.9 Å². The average Bonchev–Trinajstić information content (AvgIpc) is 3.40. The minimum Gasteiger partial charge on any atom is -0.494 e. The van der Waals surface area contributed by atoms with Crippen molar-refractivity contribution in [3.8, 4) is 11.4 Å². The molecule has 32 heavy (non-hydrogen) atoms. The van der Waals surface area contributed by atoms with E-state index in [1.807, 2.05) is 59.0 Å². The standard InChI is InChI=1S/C23H25N7O2/c1-16-11-29(15-24-16)20-9-8-18(10-21(20)32-2)25-22-26-23-28(12-17-6-4-3-5-7-17)13-19(31)14-30(23)27-22/h3-11,15,19,31H,12-14H2,1-2H3,(H,25,27). The summed E-state index contributed by atoms with van der Waals surface area (Å²) in [5, 5.41) is 18.2. The van der Waals surface area contributed by atoms with Gasteiger partial charge in [0.15, 0.2) is 0 Å². The van der Waals surface area contributed by atoms with E-state index in [0.717, 1.165) is 28.6 Å². The van der Waals surface area contributed by atoms with Gasteiger partial charge >= 0.3 is 0 Å². The zero-order chi connectivity index (χ0) is 22.1. The normalized spacial score (nSPS) is 15.5. The number of ether oxygens (including phenoxy) is 1. The van der Waals surface area contributed by atoms with Crippen molar-refractivity contribution in [2.45, 2.75) is 26.1 Å². The first-order valence-corrected chi connectivity index (χ1v) is 10.5. The SMILES string of the molecule is COc1cc(Nc2nc3n(n2)CC(O)CN3Cc2ccccc2)ccc1-n1cnc(C)c1. The Labute approximate surface area is 185 Å². The Balaban J connectivity index is 1.39. The van der Waals surface area contributed by atoms with Crippen molar-refractivity contribution in [3.63, 3.8) is 0 Å². The molecule has 0 amide bonds. The highest BCUT2D eigenvalue weighted by molar-refractivity contribution is 5.62. The molecule has 0 spiro atoms. The molecule has 9 heteroatoms. The number of β-amino-alcohol motifs (C(OH)–C–C–N with tert-alkyl or cyclic N) is 1. The van der Waals surface area contributed by atoms with Crippen molar-refractivity contribution in [2.75, 3.05) is 23.9 Å². The van der Waals surface area contributed by atoms with E-state index >= 15 is 0 Å². The minimum absolute atomic E-state index is 0.414. The molecule has 0 fully saturated rings. The lowest BCUT2D eigenvalue weighted by molar-refractivity contribution is 0.143. The van der Waals surface area contributed by atoms with E-state index < -0.39 is 6.10 Å². The van der Waals surface area contributed by atoms with Gasteiger partial charge in [-0.3, -0.25) is 0 Å². The number of hydrogen-bond donors (Lipinski definition) is 2. The molecular weight excluding hydrogens is 406 g/mol. The van der Waals surface area contributed by atoms with Crippen molar-refractivity contribution in [3.05, 3.63) is 72.3 Å². The van der Waals surface area contributed by atoms with E-state index in [2.05, 4.69) is 27.5 Å². The van der Waals surface area contributed by atoms with Crippen LogP contribution in [0.25, 0.3) is 5.69 Å². The predicted octanol–water partition coefficient (Wildman–Crippen LogP) is 2.91.